The molecule has 12 atom stereocenters. The fourth-order valence-corrected chi connectivity index (χ4v) is 14.7. The molecule has 6 nitrogen and oxygen atoms in total. The molecular formula is C60H90O6W-6. The molecule has 0 amide bonds. The van der Waals surface area contributed by atoms with E-state index in [1.54, 1.807) is 0 Å². The van der Waals surface area contributed by atoms with Gasteiger partial charge >= 0.3 is 0 Å². The van der Waals surface area contributed by atoms with Gasteiger partial charge in [0.25, 0.3) is 0 Å². The minimum Gasteiger partial charge on any atom is -0.334 e. The van der Waals surface area contributed by atoms with Gasteiger partial charge in [-0.25, -0.2) is 0 Å². The van der Waals surface area contributed by atoms with Crippen molar-refractivity contribution in [3.05, 3.63) is 35.5 Å². The zero-order chi connectivity index (χ0) is 49.3. The number of Topliss-reactive ketones (excluding diaryl/α,β-unsaturated/α-hetero) is 6. The summed E-state index contributed by atoms with van der Waals surface area (Å²) in [5, 5.41) is 0. The predicted molar refractivity (Wildman–Crippen MR) is 264 cm³/mol. The molecule has 0 heterocycles. The predicted octanol–water partition coefficient (Wildman–Crippen LogP) is 13.3. The maximum Gasteiger partial charge on any atom is 0.00490 e. The quantitative estimate of drug-likeness (QED) is 0.224. The third-order valence-electron chi connectivity index (χ3n) is 20.6. The molecule has 0 aromatic rings. The van der Waals surface area contributed by atoms with Gasteiger partial charge in [-0.05, 0) is 74.0 Å². The first-order valence-corrected chi connectivity index (χ1v) is 26.8. The van der Waals surface area contributed by atoms with Gasteiger partial charge in [-0.2, -0.15) is 68.0 Å². The van der Waals surface area contributed by atoms with Gasteiger partial charge in [0.15, 0.2) is 0 Å². The third kappa shape index (κ3) is 9.59. The van der Waals surface area contributed by atoms with Crippen LogP contribution in [0.3, 0.4) is 0 Å². The van der Waals surface area contributed by atoms with E-state index in [2.05, 4.69) is 125 Å². The fraction of sp³-hybridized carbons (Fsp3) is 0.800. The van der Waals surface area contributed by atoms with E-state index in [4.69, 9.17) is 0 Å². The Morgan fingerprint density at radius 2 is 0.358 bits per heavy atom. The Bertz CT molecular complexity index is 1590. The molecule has 12 aliphatic carbocycles. The van der Waals surface area contributed by atoms with Gasteiger partial charge in [0, 0.05) is 55.8 Å². The first-order valence-electron chi connectivity index (χ1n) is 26.8. The molecule has 0 spiro atoms. The SMILES string of the molecule is CC1CCC2[C-](C1=O)C2(C)C.CC1CCC2[C-](C1=O)C2(C)C.CC1CCC2[C-](C1=O)C2(C)C.CC1CCC2[C-](C1=O)C2(C)C.CC1CCC2[C-](C1=O)C2(C)C.CC1CCC2[C-](C1=O)C2(C)C.[W]. The summed E-state index contributed by atoms with van der Waals surface area (Å²) < 4.78 is 0. The van der Waals surface area contributed by atoms with E-state index in [1.165, 1.54) is 74.0 Å². The monoisotopic (exact) mass is 1090 g/mol. The van der Waals surface area contributed by atoms with Crippen LogP contribution in [-0.4, -0.2) is 34.7 Å². The summed E-state index contributed by atoms with van der Waals surface area (Å²) in [6, 6.07) is 0. The van der Waals surface area contributed by atoms with E-state index in [-0.39, 0.29) is 53.6 Å². The zero-order valence-corrected chi connectivity index (χ0v) is 48.2. The molecule has 12 rings (SSSR count). The van der Waals surface area contributed by atoms with Crippen LogP contribution in [0.4, 0.5) is 0 Å². The normalized spacial score (nSPS) is 39.7. The van der Waals surface area contributed by atoms with Crippen LogP contribution in [0.15, 0.2) is 0 Å². The molecule has 67 heavy (non-hydrogen) atoms. The van der Waals surface area contributed by atoms with Gasteiger partial charge in [-0.3, -0.25) is 0 Å². The van der Waals surface area contributed by atoms with Crippen LogP contribution in [0, 0.1) is 139 Å². The van der Waals surface area contributed by atoms with E-state index in [0.29, 0.717) is 106 Å². The minimum absolute atomic E-state index is 0. The number of ketones is 6. The molecule has 0 aromatic heterocycles. The number of carbonyl (C=O) groups is 6. The number of hydrogen-bond acceptors (Lipinski definition) is 6. The molecule has 0 N–H and O–H groups in total. The van der Waals surface area contributed by atoms with Crippen molar-refractivity contribution >= 4 is 34.7 Å². The van der Waals surface area contributed by atoms with Crippen LogP contribution in [0.1, 0.15) is 202 Å². The van der Waals surface area contributed by atoms with E-state index in [0.717, 1.165) is 38.5 Å². The number of carbonyl (C=O) groups excluding carboxylic acids is 6. The van der Waals surface area contributed by atoms with Crippen molar-refractivity contribution in [3.8, 4) is 0 Å². The largest absolute Gasteiger partial charge is 0.334 e. The molecule has 12 fully saturated rings. The van der Waals surface area contributed by atoms with Crippen molar-refractivity contribution in [1.29, 1.82) is 0 Å². The average Bonchev–Trinajstić information content (AvgIpc) is 4.17. The van der Waals surface area contributed by atoms with Crippen molar-refractivity contribution in [2.75, 3.05) is 0 Å². The van der Waals surface area contributed by atoms with E-state index >= 15 is 0 Å². The molecule has 12 unspecified atom stereocenters. The van der Waals surface area contributed by atoms with Gasteiger partial charge in [-0.15, -0.1) is 0 Å². The second-order valence-electron chi connectivity index (χ2n) is 27.2. The van der Waals surface area contributed by atoms with Crippen molar-refractivity contribution in [2.45, 2.75) is 202 Å². The average molecular weight is 1090 g/mol. The summed E-state index contributed by atoms with van der Waals surface area (Å²) in [7, 11) is 0. The second-order valence-corrected chi connectivity index (χ2v) is 27.2. The van der Waals surface area contributed by atoms with Crippen LogP contribution < -0.4 is 0 Å². The van der Waals surface area contributed by atoms with Gasteiger partial charge < -0.3 is 64.3 Å². The Labute approximate surface area is 423 Å². The third-order valence-corrected chi connectivity index (χ3v) is 20.6. The number of rotatable bonds is 0. The molecule has 0 aliphatic heterocycles. The van der Waals surface area contributed by atoms with Crippen LogP contribution in [0.2, 0.25) is 0 Å². The van der Waals surface area contributed by atoms with Crippen molar-refractivity contribution in [1.82, 2.24) is 0 Å². The van der Waals surface area contributed by atoms with E-state index < -0.39 is 0 Å². The van der Waals surface area contributed by atoms with E-state index in [1.807, 2.05) is 0 Å². The summed E-state index contributed by atoms with van der Waals surface area (Å²) in [5.74, 6) is 15.8. The summed E-state index contributed by atoms with van der Waals surface area (Å²) in [6.07, 6.45) is 14.1. The molecule has 0 radical (unpaired) electrons. The van der Waals surface area contributed by atoms with E-state index in [9.17, 15) is 28.8 Å². The van der Waals surface area contributed by atoms with Crippen molar-refractivity contribution in [2.24, 2.45) is 104 Å². The maximum atomic E-state index is 11.5. The molecule has 0 aromatic carbocycles. The molecular weight excluding hydrogens is 1000 g/mol. The first-order chi connectivity index (χ1) is 30.3. The Hall–Kier alpha value is -2.07. The van der Waals surface area contributed by atoms with Gasteiger partial charge in [0.1, 0.15) is 0 Å². The van der Waals surface area contributed by atoms with Crippen LogP contribution in [0.5, 0.6) is 0 Å². The second kappa shape index (κ2) is 18.2. The van der Waals surface area contributed by atoms with Crippen LogP contribution in [-0.2, 0) is 49.8 Å². The summed E-state index contributed by atoms with van der Waals surface area (Å²) in [4.78, 5) is 69.3. The molecule has 378 valence electrons. The van der Waals surface area contributed by atoms with Gasteiger partial charge in [-0.1, -0.05) is 163 Å². The molecule has 7 heteroatoms. The standard InChI is InChI=1S/6C10H15O.W/c6*1-6-4-5-7-8(9(6)11)10(7,2)3;/h6*6-7H,4-5H2,1-3H3;/q6*-1;. The molecule has 0 bridgehead atoms. The number of hydrogen-bond donors (Lipinski definition) is 0. The summed E-state index contributed by atoms with van der Waals surface area (Å²) in [6.45, 7) is 38.7. The van der Waals surface area contributed by atoms with Crippen LogP contribution >= 0.6 is 0 Å². The summed E-state index contributed by atoms with van der Waals surface area (Å²) in [5.41, 5.74) is 1.59. The van der Waals surface area contributed by atoms with Gasteiger partial charge in [0.2, 0.25) is 0 Å². The topological polar surface area (TPSA) is 102 Å². The number of fused-ring (bicyclic) bond motifs is 6. The first kappa shape index (κ1) is 54.3. The fourth-order valence-electron chi connectivity index (χ4n) is 14.7. The molecule has 0 saturated heterocycles. The maximum absolute atomic E-state index is 11.5. The van der Waals surface area contributed by atoms with Crippen molar-refractivity contribution in [3.63, 3.8) is 0 Å². The smallest absolute Gasteiger partial charge is 0.00490 e. The Morgan fingerprint density at radius 3 is 0.448 bits per heavy atom. The Morgan fingerprint density at radius 1 is 0.254 bits per heavy atom. The van der Waals surface area contributed by atoms with Crippen LogP contribution in [0.25, 0.3) is 0 Å². The molecule has 12 saturated carbocycles. The Balaban J connectivity index is 0.000000132. The van der Waals surface area contributed by atoms with Gasteiger partial charge in [0.05, 0.1) is 0 Å². The minimum atomic E-state index is 0. The zero-order valence-electron chi connectivity index (χ0n) is 45.3. The molecule has 12 aliphatic rings. The van der Waals surface area contributed by atoms with Crippen molar-refractivity contribution < 1.29 is 49.8 Å². The Kier molecular flexibility index (Phi) is 14.7. The summed E-state index contributed by atoms with van der Waals surface area (Å²) >= 11 is 0.